The third-order valence-corrected chi connectivity index (χ3v) is 5.69. The molecular weight excluding hydrogens is 428 g/mol. The van der Waals surface area contributed by atoms with Crippen LogP contribution in [-0.2, 0) is 14.3 Å². The molecule has 0 bridgehead atoms. The van der Waals surface area contributed by atoms with Gasteiger partial charge in [0.2, 0.25) is 11.8 Å². The quantitative estimate of drug-likeness (QED) is 0.536. The Labute approximate surface area is 192 Å². The lowest BCUT2D eigenvalue weighted by Gasteiger charge is -2.37. The van der Waals surface area contributed by atoms with Gasteiger partial charge in [-0.1, -0.05) is 0 Å². The molecule has 1 atom stereocenters. The molecule has 0 aromatic heterocycles. The summed E-state index contributed by atoms with van der Waals surface area (Å²) >= 11 is 0. The smallest absolute Gasteiger partial charge is 0.410 e. The van der Waals surface area contributed by atoms with Crippen molar-refractivity contribution >= 4 is 35.8 Å². The lowest BCUT2D eigenvalue weighted by molar-refractivity contribution is -0.136. The number of nitrogens with zero attached hydrogens (tertiary/aromatic N) is 3. The van der Waals surface area contributed by atoms with E-state index in [1.807, 2.05) is 25.7 Å². The number of likely N-dealkylation sites (N-methyl/N-ethyl adjacent to an activating group) is 1. The first-order valence-electron chi connectivity index (χ1n) is 10.9. The topological polar surface area (TPSA) is 116 Å². The molecule has 2 saturated heterocycles. The van der Waals surface area contributed by atoms with Gasteiger partial charge < -0.3 is 19.4 Å². The SMILES string of the molecule is CN(C(=O)c1ccc(N2CCN(C(=O)OC(C)(C)C)CC2)cc1C=O)C1CCC(=O)NC1=O. The normalized spacial score (nSPS) is 19.1. The van der Waals surface area contributed by atoms with Gasteiger partial charge in [-0.3, -0.25) is 24.5 Å². The molecule has 1 N–H and O–H groups in total. The third kappa shape index (κ3) is 5.68. The Morgan fingerprint density at radius 3 is 2.39 bits per heavy atom. The standard InChI is InChI=1S/C23H30N4O6/c1-23(2,3)33-22(32)27-11-9-26(10-12-27)16-5-6-17(15(13-16)14-28)21(31)25(4)18-7-8-19(29)24-20(18)30/h5-6,13-14,18H,7-12H2,1-4H3,(H,24,29,30). The van der Waals surface area contributed by atoms with Crippen molar-refractivity contribution in [3.8, 4) is 0 Å². The van der Waals surface area contributed by atoms with Crippen LogP contribution in [0.15, 0.2) is 18.2 Å². The first kappa shape index (κ1) is 24.2. The number of aldehydes is 1. The predicted molar refractivity (Wildman–Crippen MR) is 120 cm³/mol. The number of carbonyl (C=O) groups is 5. The maximum absolute atomic E-state index is 13.0. The van der Waals surface area contributed by atoms with Gasteiger partial charge in [0, 0.05) is 50.9 Å². The average molecular weight is 459 g/mol. The van der Waals surface area contributed by atoms with Gasteiger partial charge in [-0.05, 0) is 45.4 Å². The molecule has 10 heteroatoms. The van der Waals surface area contributed by atoms with Gasteiger partial charge >= 0.3 is 6.09 Å². The van der Waals surface area contributed by atoms with Crippen molar-refractivity contribution in [2.75, 3.05) is 38.1 Å². The predicted octanol–water partition coefficient (Wildman–Crippen LogP) is 1.43. The van der Waals surface area contributed by atoms with E-state index in [0.29, 0.717) is 32.5 Å². The number of imide groups is 1. The number of piperidine rings is 1. The van der Waals surface area contributed by atoms with E-state index in [1.54, 1.807) is 23.1 Å². The van der Waals surface area contributed by atoms with Crippen LogP contribution in [-0.4, -0.2) is 84.8 Å². The van der Waals surface area contributed by atoms with Crippen molar-refractivity contribution in [2.45, 2.75) is 45.3 Å². The van der Waals surface area contributed by atoms with Crippen molar-refractivity contribution in [2.24, 2.45) is 0 Å². The Morgan fingerprint density at radius 2 is 1.82 bits per heavy atom. The largest absolute Gasteiger partial charge is 0.444 e. The van der Waals surface area contributed by atoms with E-state index in [4.69, 9.17) is 4.74 Å². The van der Waals surface area contributed by atoms with E-state index in [-0.39, 0.29) is 36.0 Å². The van der Waals surface area contributed by atoms with Gasteiger partial charge in [0.25, 0.3) is 5.91 Å². The first-order chi connectivity index (χ1) is 15.5. The molecule has 1 aromatic rings. The second-order valence-corrected chi connectivity index (χ2v) is 9.23. The molecule has 2 heterocycles. The number of amides is 4. The minimum atomic E-state index is -0.768. The Balaban J connectivity index is 1.68. The summed E-state index contributed by atoms with van der Waals surface area (Å²) in [6, 6.07) is 4.20. The van der Waals surface area contributed by atoms with Crippen molar-refractivity contribution < 1.29 is 28.7 Å². The molecule has 178 valence electrons. The molecule has 0 radical (unpaired) electrons. The van der Waals surface area contributed by atoms with Crippen LogP contribution in [0, 0.1) is 0 Å². The van der Waals surface area contributed by atoms with Crippen molar-refractivity contribution in [3.05, 3.63) is 29.3 Å². The zero-order chi connectivity index (χ0) is 24.3. The number of hydrogen-bond acceptors (Lipinski definition) is 7. The highest BCUT2D eigenvalue weighted by Gasteiger charge is 2.33. The van der Waals surface area contributed by atoms with Gasteiger partial charge in [-0.2, -0.15) is 0 Å². The van der Waals surface area contributed by atoms with Crippen LogP contribution in [0.1, 0.15) is 54.3 Å². The summed E-state index contributed by atoms with van der Waals surface area (Å²) in [5, 5.41) is 2.24. The summed E-state index contributed by atoms with van der Waals surface area (Å²) in [6.07, 6.45) is 0.658. The third-order valence-electron chi connectivity index (χ3n) is 5.69. The van der Waals surface area contributed by atoms with Crippen molar-refractivity contribution in [1.29, 1.82) is 0 Å². The van der Waals surface area contributed by atoms with Crippen LogP contribution in [0.2, 0.25) is 0 Å². The summed E-state index contributed by atoms with van der Waals surface area (Å²) in [5.74, 6) is -1.34. The number of piperazine rings is 1. The molecule has 0 aliphatic carbocycles. The van der Waals surface area contributed by atoms with Gasteiger partial charge in [0.15, 0.2) is 6.29 Å². The minimum absolute atomic E-state index is 0.156. The van der Waals surface area contributed by atoms with Gasteiger partial charge in [0.1, 0.15) is 11.6 Å². The monoisotopic (exact) mass is 458 g/mol. The molecule has 4 amide bonds. The Bertz CT molecular complexity index is 962. The van der Waals surface area contributed by atoms with Crippen molar-refractivity contribution in [1.82, 2.24) is 15.1 Å². The number of anilines is 1. The van der Waals surface area contributed by atoms with E-state index >= 15 is 0 Å². The highest BCUT2D eigenvalue weighted by atomic mass is 16.6. The summed E-state index contributed by atoms with van der Waals surface area (Å²) in [7, 11) is 1.49. The van der Waals surface area contributed by atoms with Crippen LogP contribution in [0.5, 0.6) is 0 Å². The Morgan fingerprint density at radius 1 is 1.15 bits per heavy atom. The van der Waals surface area contributed by atoms with E-state index in [0.717, 1.165) is 5.69 Å². The molecule has 2 aliphatic rings. The van der Waals surface area contributed by atoms with E-state index < -0.39 is 23.5 Å². The molecule has 1 aromatic carbocycles. The van der Waals surface area contributed by atoms with E-state index in [2.05, 4.69) is 5.32 Å². The van der Waals surface area contributed by atoms with Crippen LogP contribution in [0.25, 0.3) is 0 Å². The van der Waals surface area contributed by atoms with Crippen LogP contribution < -0.4 is 10.2 Å². The fourth-order valence-electron chi connectivity index (χ4n) is 3.90. The lowest BCUT2D eigenvalue weighted by Crippen LogP contribution is -2.53. The summed E-state index contributed by atoms with van der Waals surface area (Å²) in [6.45, 7) is 7.53. The highest BCUT2D eigenvalue weighted by Crippen LogP contribution is 2.23. The maximum atomic E-state index is 13.0. The second kappa shape index (κ2) is 9.60. The summed E-state index contributed by atoms with van der Waals surface area (Å²) < 4.78 is 5.42. The number of ether oxygens (including phenoxy) is 1. The minimum Gasteiger partial charge on any atom is -0.444 e. The van der Waals surface area contributed by atoms with Gasteiger partial charge in [0.05, 0.1) is 5.56 Å². The van der Waals surface area contributed by atoms with Crippen molar-refractivity contribution in [3.63, 3.8) is 0 Å². The molecule has 3 rings (SSSR count). The second-order valence-electron chi connectivity index (χ2n) is 9.23. The molecule has 10 nitrogen and oxygen atoms in total. The molecule has 2 fully saturated rings. The summed E-state index contributed by atoms with van der Waals surface area (Å²) in [4.78, 5) is 65.5. The maximum Gasteiger partial charge on any atom is 0.410 e. The molecule has 1 unspecified atom stereocenters. The zero-order valence-electron chi connectivity index (χ0n) is 19.4. The van der Waals surface area contributed by atoms with E-state index in [9.17, 15) is 24.0 Å². The number of rotatable bonds is 4. The molecule has 0 spiro atoms. The number of nitrogens with one attached hydrogen (secondary N) is 1. The van der Waals surface area contributed by atoms with Crippen LogP contribution in [0.4, 0.5) is 10.5 Å². The van der Waals surface area contributed by atoms with Gasteiger partial charge in [-0.25, -0.2) is 4.79 Å². The Kier molecular flexibility index (Phi) is 7.04. The first-order valence-corrected chi connectivity index (χ1v) is 10.9. The van der Waals surface area contributed by atoms with E-state index in [1.165, 1.54) is 11.9 Å². The zero-order valence-corrected chi connectivity index (χ0v) is 19.4. The average Bonchev–Trinajstić information content (AvgIpc) is 2.76. The molecule has 0 saturated carbocycles. The fraction of sp³-hybridized carbons (Fsp3) is 0.522. The van der Waals surface area contributed by atoms with Gasteiger partial charge in [-0.15, -0.1) is 0 Å². The Hall–Kier alpha value is -3.43. The lowest BCUT2D eigenvalue weighted by atomic mass is 10.0. The molecule has 33 heavy (non-hydrogen) atoms. The fourth-order valence-corrected chi connectivity index (χ4v) is 3.90. The summed E-state index contributed by atoms with van der Waals surface area (Å²) in [5.41, 5.74) is 0.608. The highest BCUT2D eigenvalue weighted by molar-refractivity contribution is 6.06. The number of carbonyl (C=O) groups excluding carboxylic acids is 5. The molecule has 2 aliphatic heterocycles. The van der Waals surface area contributed by atoms with Crippen LogP contribution >= 0.6 is 0 Å². The van der Waals surface area contributed by atoms with Crippen LogP contribution in [0.3, 0.4) is 0 Å². The number of benzene rings is 1. The number of hydrogen-bond donors (Lipinski definition) is 1. The molecular formula is C23H30N4O6.